The Kier molecular flexibility index (Phi) is 10.4. The minimum atomic E-state index is -1.17. The fourth-order valence-electron chi connectivity index (χ4n) is 7.68. The number of benzene rings is 6. The molecule has 0 aliphatic heterocycles. The molecule has 8 rings (SSSR count). The highest BCUT2D eigenvalue weighted by Gasteiger charge is 2.42. The average molecular weight is 740 g/mol. The third-order valence-electron chi connectivity index (χ3n) is 10.3. The minimum Gasteiger partial charge on any atom is -0.394 e. The topological polar surface area (TPSA) is 117 Å². The van der Waals surface area contributed by atoms with Crippen molar-refractivity contribution < 1.29 is 14.6 Å². The molecule has 8 aromatic rings. The number of aliphatic hydroxyl groups excluding tert-OH is 1. The summed E-state index contributed by atoms with van der Waals surface area (Å²) in [7, 11) is 0. The lowest BCUT2D eigenvalue weighted by Gasteiger charge is -2.38. The quantitative estimate of drug-likeness (QED) is 0.112. The van der Waals surface area contributed by atoms with Crippen molar-refractivity contribution in [1.29, 1.82) is 0 Å². The van der Waals surface area contributed by atoms with Crippen LogP contribution in [-0.2, 0) is 27.3 Å². The fourth-order valence-corrected chi connectivity index (χ4v) is 7.68. The molecule has 2 aromatic heterocycles. The van der Waals surface area contributed by atoms with Crippen molar-refractivity contribution in [3.63, 3.8) is 0 Å². The number of nitrogen functional groups attached to an aromatic ring is 1. The molecule has 0 bridgehead atoms. The Labute approximate surface area is 324 Å². The zero-order chi connectivity index (χ0) is 38.4. The Bertz CT molecular complexity index is 2360. The number of nitrogens with two attached hydrogens (primary N) is 1. The van der Waals surface area contributed by atoms with E-state index in [9.17, 15) is 9.90 Å². The van der Waals surface area contributed by atoms with Crippen LogP contribution in [0, 0.1) is 0 Å². The Morgan fingerprint density at radius 3 is 1.39 bits per heavy atom. The van der Waals surface area contributed by atoms with Crippen LogP contribution in [0.25, 0.3) is 11.2 Å². The third kappa shape index (κ3) is 6.47. The number of hydrogen-bond acceptors (Lipinski definition) is 7. The average Bonchev–Trinajstić information content (AvgIpc) is 3.68. The highest BCUT2D eigenvalue weighted by atomic mass is 16.6. The van der Waals surface area contributed by atoms with Crippen molar-refractivity contribution in [3.05, 3.63) is 232 Å². The number of hydrogen-bond donors (Lipinski definition) is 2. The first-order valence-electron chi connectivity index (χ1n) is 18.5. The molecule has 0 amide bonds. The van der Waals surface area contributed by atoms with Gasteiger partial charge in [0.1, 0.15) is 24.0 Å². The van der Waals surface area contributed by atoms with Gasteiger partial charge >= 0.3 is 0 Å². The lowest BCUT2D eigenvalue weighted by molar-refractivity contribution is -0.0970. The standard InChI is InChI=1S/C47H41N5O4/c48-45-50-43-42(44(54)52(45)46(35-19-7-1-8-20-35,36-21-9-2-10-22-36)37-23-11-3-12-24-37)49-33-51(43)34-55-41(31-53)32-56-47(38-25-13-4-14-26-38,39-27-15-5-16-28-39)40-29-17-6-18-30-40/h1-30,33,41,53H,31-32,34H2,(H2,48,50). The first-order valence-corrected chi connectivity index (χ1v) is 18.5. The van der Waals surface area contributed by atoms with E-state index in [-0.39, 0.29) is 37.1 Å². The van der Waals surface area contributed by atoms with E-state index in [1.807, 2.05) is 182 Å². The third-order valence-corrected chi connectivity index (χ3v) is 10.3. The number of rotatable bonds is 14. The van der Waals surface area contributed by atoms with Crippen molar-refractivity contribution in [2.75, 3.05) is 18.9 Å². The number of nitrogens with zero attached hydrogens (tertiary/aromatic N) is 4. The van der Waals surface area contributed by atoms with Crippen LogP contribution < -0.4 is 11.3 Å². The summed E-state index contributed by atoms with van der Waals surface area (Å²) in [6.07, 6.45) is 0.762. The summed E-state index contributed by atoms with van der Waals surface area (Å²) in [6, 6.07) is 59.5. The van der Waals surface area contributed by atoms with Gasteiger partial charge in [-0.3, -0.25) is 13.9 Å². The Morgan fingerprint density at radius 2 is 1.00 bits per heavy atom. The van der Waals surface area contributed by atoms with Gasteiger partial charge in [-0.15, -0.1) is 0 Å². The largest absolute Gasteiger partial charge is 0.394 e. The van der Waals surface area contributed by atoms with E-state index in [1.54, 1.807) is 4.57 Å². The van der Waals surface area contributed by atoms with Crippen molar-refractivity contribution in [2.45, 2.75) is 24.0 Å². The van der Waals surface area contributed by atoms with Gasteiger partial charge in [-0.1, -0.05) is 182 Å². The van der Waals surface area contributed by atoms with Gasteiger partial charge in [-0.05, 0) is 33.4 Å². The molecule has 0 fully saturated rings. The van der Waals surface area contributed by atoms with E-state index in [1.165, 1.54) is 10.9 Å². The molecule has 1 unspecified atom stereocenters. The molecule has 3 N–H and O–H groups in total. The first-order chi connectivity index (χ1) is 27.6. The number of fused-ring (bicyclic) bond motifs is 1. The van der Waals surface area contributed by atoms with E-state index in [0.29, 0.717) is 0 Å². The van der Waals surface area contributed by atoms with Crippen LogP contribution in [-0.4, -0.2) is 43.5 Å². The molecular formula is C47H41N5O4. The second kappa shape index (κ2) is 16.0. The molecule has 278 valence electrons. The van der Waals surface area contributed by atoms with Gasteiger partial charge in [-0.2, -0.15) is 4.98 Å². The van der Waals surface area contributed by atoms with Crippen molar-refractivity contribution in [2.24, 2.45) is 0 Å². The van der Waals surface area contributed by atoms with Crippen LogP contribution in [0.1, 0.15) is 33.4 Å². The van der Waals surface area contributed by atoms with E-state index in [0.717, 1.165) is 33.4 Å². The highest BCUT2D eigenvalue weighted by Crippen LogP contribution is 2.42. The number of anilines is 1. The van der Waals surface area contributed by atoms with E-state index < -0.39 is 22.8 Å². The van der Waals surface area contributed by atoms with Gasteiger partial charge in [0.15, 0.2) is 11.2 Å². The Balaban J connectivity index is 1.15. The van der Waals surface area contributed by atoms with E-state index in [4.69, 9.17) is 20.2 Å². The summed E-state index contributed by atoms with van der Waals surface area (Å²) in [5, 5.41) is 10.6. The number of ether oxygens (including phenoxy) is 2. The normalized spacial score (nSPS) is 12.4. The minimum absolute atomic E-state index is 0.00113. The molecule has 0 saturated carbocycles. The molecule has 0 radical (unpaired) electrons. The van der Waals surface area contributed by atoms with Gasteiger partial charge < -0.3 is 20.3 Å². The second-order valence-electron chi connectivity index (χ2n) is 13.5. The number of aromatic nitrogens is 4. The maximum Gasteiger partial charge on any atom is 0.284 e. The summed E-state index contributed by atoms with van der Waals surface area (Å²) < 4.78 is 16.4. The summed E-state index contributed by atoms with van der Waals surface area (Å²) in [6.45, 7) is -0.355. The van der Waals surface area contributed by atoms with Crippen molar-refractivity contribution in [1.82, 2.24) is 19.1 Å². The second-order valence-corrected chi connectivity index (χ2v) is 13.5. The lowest BCUT2D eigenvalue weighted by Crippen LogP contribution is -2.46. The summed E-state index contributed by atoms with van der Waals surface area (Å²) in [5.74, 6) is 0.00113. The van der Waals surface area contributed by atoms with E-state index >= 15 is 0 Å². The van der Waals surface area contributed by atoms with Crippen molar-refractivity contribution in [3.8, 4) is 0 Å². The maximum absolute atomic E-state index is 14.8. The van der Waals surface area contributed by atoms with Crippen LogP contribution >= 0.6 is 0 Å². The molecule has 1 atom stereocenters. The first kappa shape index (κ1) is 36.3. The number of imidazole rings is 1. The van der Waals surface area contributed by atoms with Gasteiger partial charge in [0.2, 0.25) is 5.95 Å². The predicted molar refractivity (Wildman–Crippen MR) is 218 cm³/mol. The monoisotopic (exact) mass is 739 g/mol. The van der Waals surface area contributed by atoms with Gasteiger partial charge in [0, 0.05) is 0 Å². The highest BCUT2D eigenvalue weighted by molar-refractivity contribution is 5.72. The van der Waals surface area contributed by atoms with Crippen LogP contribution in [0.5, 0.6) is 0 Å². The predicted octanol–water partition coefficient (Wildman–Crippen LogP) is 7.36. The fraction of sp³-hybridized carbons (Fsp3) is 0.128. The summed E-state index contributed by atoms with van der Waals surface area (Å²) >= 11 is 0. The Morgan fingerprint density at radius 1 is 0.607 bits per heavy atom. The zero-order valence-electron chi connectivity index (χ0n) is 30.6. The van der Waals surface area contributed by atoms with Crippen LogP contribution in [0.4, 0.5) is 5.95 Å². The van der Waals surface area contributed by atoms with Gasteiger partial charge in [0.05, 0.1) is 19.5 Å². The molecule has 0 saturated heterocycles. The summed E-state index contributed by atoms with van der Waals surface area (Å²) in [5.41, 5.74) is 9.97. The summed E-state index contributed by atoms with van der Waals surface area (Å²) in [4.78, 5) is 24.2. The molecule has 9 heteroatoms. The van der Waals surface area contributed by atoms with Gasteiger partial charge in [-0.25, -0.2) is 4.98 Å². The molecule has 2 heterocycles. The SMILES string of the molecule is Nc1nc2c(ncn2COC(CO)COC(c2ccccc2)(c2ccccc2)c2ccccc2)c(=O)n1C(c1ccccc1)(c1ccccc1)c1ccccc1. The maximum atomic E-state index is 14.8. The van der Waals surface area contributed by atoms with Gasteiger partial charge in [0.25, 0.3) is 5.56 Å². The molecular weight excluding hydrogens is 699 g/mol. The smallest absolute Gasteiger partial charge is 0.284 e. The molecule has 56 heavy (non-hydrogen) atoms. The van der Waals surface area contributed by atoms with Crippen LogP contribution in [0.3, 0.4) is 0 Å². The van der Waals surface area contributed by atoms with Crippen LogP contribution in [0.2, 0.25) is 0 Å². The molecule has 0 aliphatic rings. The van der Waals surface area contributed by atoms with E-state index in [2.05, 4.69) is 4.98 Å². The molecule has 6 aromatic carbocycles. The molecule has 0 aliphatic carbocycles. The number of aliphatic hydroxyl groups is 1. The van der Waals surface area contributed by atoms with Crippen LogP contribution in [0.15, 0.2) is 193 Å². The zero-order valence-corrected chi connectivity index (χ0v) is 30.6. The molecule has 0 spiro atoms. The van der Waals surface area contributed by atoms with Crippen molar-refractivity contribution >= 4 is 17.1 Å². The Hall–Kier alpha value is -6.65. The lowest BCUT2D eigenvalue weighted by atomic mass is 9.76. The molecule has 9 nitrogen and oxygen atoms in total.